The number of carbonyl (C=O) groups excluding carboxylic acids is 1. The van der Waals surface area contributed by atoms with E-state index in [-0.39, 0.29) is 10.9 Å². The molecule has 0 saturated carbocycles. The van der Waals surface area contributed by atoms with Gasteiger partial charge in [-0.3, -0.25) is 9.69 Å². The average Bonchev–Trinajstić information content (AvgIpc) is 3.04. The zero-order chi connectivity index (χ0) is 20.2. The van der Waals surface area contributed by atoms with E-state index < -0.39 is 0 Å². The van der Waals surface area contributed by atoms with E-state index in [4.69, 9.17) is 0 Å². The Morgan fingerprint density at radius 3 is 2.66 bits per heavy atom. The van der Waals surface area contributed by atoms with E-state index in [0.717, 1.165) is 43.1 Å². The molecule has 3 aromatic rings. The smallest absolute Gasteiger partial charge is 0.308 e. The molecule has 2 aromatic carbocycles. The lowest BCUT2D eigenvalue weighted by Gasteiger charge is -2.30. The summed E-state index contributed by atoms with van der Waals surface area (Å²) >= 11 is 1.26. The maximum absolute atomic E-state index is 12.4. The number of nitrogens with one attached hydrogen (secondary N) is 2. The van der Waals surface area contributed by atoms with Crippen molar-refractivity contribution in [1.29, 1.82) is 0 Å². The third-order valence-electron chi connectivity index (χ3n) is 5.24. The Hall–Kier alpha value is -2.90. The number of nitrogens with zero attached hydrogens (tertiary/aromatic N) is 2. The maximum atomic E-state index is 12.4. The number of rotatable bonds is 5. The predicted molar refractivity (Wildman–Crippen MR) is 118 cm³/mol. The van der Waals surface area contributed by atoms with E-state index in [1.165, 1.54) is 22.5 Å². The van der Waals surface area contributed by atoms with Gasteiger partial charge in [0.2, 0.25) is 0 Å². The quantitative estimate of drug-likeness (QED) is 0.672. The fourth-order valence-corrected chi connectivity index (χ4v) is 4.46. The Labute approximate surface area is 173 Å². The molecule has 1 aliphatic heterocycles. The standard InChI is InChI=1S/C22H24N4O2S/c1-16-15-29-22(28)26(16)13-12-25-11-10-19-17(14-25)6-5-9-20(19)24-21(27)23-18-7-3-2-4-8-18/h2-9,15H,10-14H2,1H3,(H2,23,24,27). The number of para-hydroxylation sites is 1. The third-order valence-corrected chi connectivity index (χ3v) is 6.12. The summed E-state index contributed by atoms with van der Waals surface area (Å²) in [5, 5.41) is 7.76. The first kappa shape index (κ1) is 19.4. The number of benzene rings is 2. The SMILES string of the molecule is Cc1csc(=O)n1CCN1CCc2c(cccc2NC(=O)Nc2ccccc2)C1. The van der Waals surface area contributed by atoms with Gasteiger partial charge in [-0.2, -0.15) is 0 Å². The summed E-state index contributed by atoms with van der Waals surface area (Å²) in [6, 6.07) is 15.2. The number of amides is 2. The van der Waals surface area contributed by atoms with Gasteiger partial charge in [-0.15, -0.1) is 0 Å². The summed E-state index contributed by atoms with van der Waals surface area (Å²) in [5.41, 5.74) is 5.06. The molecule has 7 heteroatoms. The van der Waals surface area contributed by atoms with E-state index in [0.29, 0.717) is 6.54 Å². The lowest BCUT2D eigenvalue weighted by atomic mass is 9.97. The Kier molecular flexibility index (Phi) is 5.78. The van der Waals surface area contributed by atoms with Gasteiger partial charge in [-0.1, -0.05) is 41.7 Å². The van der Waals surface area contributed by atoms with Crippen LogP contribution >= 0.6 is 11.3 Å². The van der Waals surface area contributed by atoms with Crippen LogP contribution in [0.4, 0.5) is 16.2 Å². The highest BCUT2D eigenvalue weighted by Gasteiger charge is 2.20. The van der Waals surface area contributed by atoms with E-state index in [1.807, 2.05) is 59.3 Å². The highest BCUT2D eigenvalue weighted by atomic mass is 32.1. The van der Waals surface area contributed by atoms with Gasteiger partial charge >= 0.3 is 10.9 Å². The van der Waals surface area contributed by atoms with Crippen molar-refractivity contribution in [2.24, 2.45) is 0 Å². The lowest BCUT2D eigenvalue weighted by molar-refractivity contribution is 0.243. The Morgan fingerprint density at radius 2 is 1.90 bits per heavy atom. The first-order chi connectivity index (χ1) is 14.1. The fraction of sp³-hybridized carbons (Fsp3) is 0.273. The number of urea groups is 1. The highest BCUT2D eigenvalue weighted by Crippen LogP contribution is 2.26. The van der Waals surface area contributed by atoms with Crippen LogP contribution in [-0.2, 0) is 19.5 Å². The van der Waals surface area contributed by atoms with Crippen molar-refractivity contribution < 1.29 is 4.79 Å². The van der Waals surface area contributed by atoms with Gasteiger partial charge in [0.25, 0.3) is 0 Å². The van der Waals surface area contributed by atoms with Crippen LogP contribution in [0.3, 0.4) is 0 Å². The molecular weight excluding hydrogens is 384 g/mol. The normalized spacial score (nSPS) is 13.7. The second kappa shape index (κ2) is 8.63. The number of carbonyl (C=O) groups is 1. The first-order valence-corrected chi connectivity index (χ1v) is 10.6. The molecule has 2 amide bonds. The number of aryl methyl sites for hydroxylation is 1. The van der Waals surface area contributed by atoms with Crippen molar-refractivity contribution in [2.75, 3.05) is 23.7 Å². The topological polar surface area (TPSA) is 66.4 Å². The average molecular weight is 409 g/mol. The van der Waals surface area contributed by atoms with Crippen molar-refractivity contribution in [3.05, 3.63) is 80.4 Å². The monoisotopic (exact) mass is 408 g/mol. The lowest BCUT2D eigenvalue weighted by Crippen LogP contribution is -2.35. The largest absolute Gasteiger partial charge is 0.323 e. The van der Waals surface area contributed by atoms with E-state index in [1.54, 1.807) is 0 Å². The second-order valence-corrected chi connectivity index (χ2v) is 8.03. The molecule has 1 aromatic heterocycles. The highest BCUT2D eigenvalue weighted by molar-refractivity contribution is 7.07. The minimum atomic E-state index is -0.237. The molecule has 0 spiro atoms. The van der Waals surface area contributed by atoms with Gasteiger partial charge in [0.1, 0.15) is 0 Å². The van der Waals surface area contributed by atoms with Crippen molar-refractivity contribution in [3.63, 3.8) is 0 Å². The van der Waals surface area contributed by atoms with Gasteiger partial charge in [0, 0.05) is 48.6 Å². The molecule has 150 valence electrons. The summed E-state index contributed by atoms with van der Waals surface area (Å²) < 4.78 is 1.84. The van der Waals surface area contributed by atoms with Crippen molar-refractivity contribution in [1.82, 2.24) is 9.47 Å². The number of hydrogen-bond acceptors (Lipinski definition) is 4. The van der Waals surface area contributed by atoms with Crippen LogP contribution in [0.1, 0.15) is 16.8 Å². The number of thiazole rings is 1. The molecule has 0 saturated heterocycles. The molecule has 4 rings (SSSR count). The molecule has 6 nitrogen and oxygen atoms in total. The molecule has 0 atom stereocenters. The van der Waals surface area contributed by atoms with E-state index in [2.05, 4.69) is 21.6 Å². The van der Waals surface area contributed by atoms with Crippen LogP contribution in [0.25, 0.3) is 0 Å². The van der Waals surface area contributed by atoms with Gasteiger partial charge in [-0.25, -0.2) is 4.79 Å². The van der Waals surface area contributed by atoms with Crippen molar-refractivity contribution >= 4 is 28.7 Å². The molecule has 2 N–H and O–H groups in total. The summed E-state index contributed by atoms with van der Waals surface area (Å²) in [5.74, 6) is 0. The molecular formula is C22H24N4O2S. The summed E-state index contributed by atoms with van der Waals surface area (Å²) in [4.78, 5) is 26.7. The Balaban J connectivity index is 1.40. The predicted octanol–water partition coefficient (Wildman–Crippen LogP) is 3.92. The van der Waals surface area contributed by atoms with Crippen LogP contribution in [0.2, 0.25) is 0 Å². The van der Waals surface area contributed by atoms with Crippen LogP contribution in [0.15, 0.2) is 58.7 Å². The van der Waals surface area contributed by atoms with Gasteiger partial charge < -0.3 is 15.2 Å². The van der Waals surface area contributed by atoms with Crippen LogP contribution in [-0.4, -0.2) is 28.6 Å². The summed E-state index contributed by atoms with van der Waals surface area (Å²) in [7, 11) is 0. The molecule has 0 bridgehead atoms. The van der Waals surface area contributed by atoms with Crippen LogP contribution in [0, 0.1) is 6.92 Å². The molecule has 0 radical (unpaired) electrons. The number of fused-ring (bicyclic) bond motifs is 1. The molecule has 0 unspecified atom stereocenters. The molecule has 29 heavy (non-hydrogen) atoms. The molecule has 1 aliphatic rings. The third kappa shape index (κ3) is 4.58. The number of hydrogen-bond donors (Lipinski definition) is 2. The zero-order valence-electron chi connectivity index (χ0n) is 16.4. The van der Waals surface area contributed by atoms with Gasteiger partial charge in [0.05, 0.1) is 0 Å². The first-order valence-electron chi connectivity index (χ1n) is 9.71. The van der Waals surface area contributed by atoms with Gasteiger partial charge in [0.15, 0.2) is 0 Å². The van der Waals surface area contributed by atoms with Crippen LogP contribution < -0.4 is 15.5 Å². The fourth-order valence-electron chi connectivity index (χ4n) is 3.70. The van der Waals surface area contributed by atoms with Crippen LogP contribution in [0.5, 0.6) is 0 Å². The minimum Gasteiger partial charge on any atom is -0.308 e. The number of anilines is 2. The second-order valence-electron chi connectivity index (χ2n) is 7.21. The maximum Gasteiger partial charge on any atom is 0.323 e. The molecule has 0 fully saturated rings. The Morgan fingerprint density at radius 1 is 1.07 bits per heavy atom. The van der Waals surface area contributed by atoms with E-state index in [9.17, 15) is 9.59 Å². The van der Waals surface area contributed by atoms with E-state index >= 15 is 0 Å². The van der Waals surface area contributed by atoms with Crippen molar-refractivity contribution in [2.45, 2.75) is 26.4 Å². The Bertz CT molecular complexity index is 1060. The molecule has 0 aliphatic carbocycles. The summed E-state index contributed by atoms with van der Waals surface area (Å²) in [6.07, 6.45) is 0.870. The van der Waals surface area contributed by atoms with Gasteiger partial charge in [-0.05, 0) is 42.7 Å². The summed E-state index contributed by atoms with van der Waals surface area (Å²) in [6.45, 7) is 5.25. The molecule has 2 heterocycles. The minimum absolute atomic E-state index is 0.107. The number of aromatic nitrogens is 1. The zero-order valence-corrected chi connectivity index (χ0v) is 17.2. The van der Waals surface area contributed by atoms with Crippen molar-refractivity contribution in [3.8, 4) is 0 Å².